The summed E-state index contributed by atoms with van der Waals surface area (Å²) in [5.41, 5.74) is 0. The lowest BCUT2D eigenvalue weighted by molar-refractivity contribution is -0.145. The molecule has 1 saturated heterocycles. The van der Waals surface area contributed by atoms with Crippen LogP contribution in [0.4, 0.5) is 18.0 Å². The molecule has 0 aliphatic carbocycles. The molecule has 1 atom stereocenters. The van der Waals surface area contributed by atoms with Crippen LogP contribution in [-0.4, -0.2) is 63.3 Å². The molecule has 9 heteroatoms. The van der Waals surface area contributed by atoms with Crippen molar-refractivity contribution in [3.8, 4) is 0 Å². The van der Waals surface area contributed by atoms with E-state index >= 15 is 0 Å². The first-order valence-electron chi connectivity index (χ1n) is 5.58. The van der Waals surface area contributed by atoms with Crippen LogP contribution in [0.5, 0.6) is 0 Å². The Kier molecular flexibility index (Phi) is 4.94. The average molecular weight is 300 g/mol. The van der Waals surface area contributed by atoms with Crippen LogP contribution in [0.1, 0.15) is 13.8 Å². The highest BCUT2D eigenvalue weighted by atomic mass is 32.2. The number of nitrogens with zero attached hydrogens (tertiary/aromatic N) is 2. The molecular formula is C10H15F3N2O3S. The zero-order valence-electron chi connectivity index (χ0n) is 10.5. The SMILES string of the molecule is CC(C)N(CC(F)(F)F)C(=O)N1CSC[C@H]1C(=O)O. The summed E-state index contributed by atoms with van der Waals surface area (Å²) in [5, 5.41) is 8.94. The molecule has 0 bridgehead atoms. The Bertz CT molecular complexity index is 362. The van der Waals surface area contributed by atoms with E-state index in [1.54, 1.807) is 0 Å². The molecule has 1 heterocycles. The fraction of sp³-hybridized carbons (Fsp3) is 0.800. The molecule has 1 N–H and O–H groups in total. The van der Waals surface area contributed by atoms with Crippen molar-refractivity contribution in [2.45, 2.75) is 32.1 Å². The smallest absolute Gasteiger partial charge is 0.406 e. The van der Waals surface area contributed by atoms with Gasteiger partial charge in [0.1, 0.15) is 12.6 Å². The van der Waals surface area contributed by atoms with Crippen molar-refractivity contribution < 1.29 is 27.9 Å². The standard InChI is InChI=1S/C10H15F3N2O3S/c1-6(2)14(4-10(11,12)13)9(18)15-5-19-3-7(15)8(16)17/h6-7H,3-5H2,1-2H3,(H,16,17)/t7-/m0/s1. The summed E-state index contributed by atoms with van der Waals surface area (Å²) in [6.07, 6.45) is -4.51. The van der Waals surface area contributed by atoms with E-state index in [0.29, 0.717) is 4.90 Å². The molecule has 1 aliphatic rings. The van der Waals surface area contributed by atoms with Crippen molar-refractivity contribution in [3.05, 3.63) is 0 Å². The Hall–Kier alpha value is -1.12. The molecule has 0 aromatic rings. The van der Waals surface area contributed by atoms with Gasteiger partial charge in [-0.3, -0.25) is 0 Å². The van der Waals surface area contributed by atoms with Crippen molar-refractivity contribution in [1.82, 2.24) is 9.80 Å². The highest BCUT2D eigenvalue weighted by Gasteiger charge is 2.41. The van der Waals surface area contributed by atoms with Gasteiger partial charge in [-0.15, -0.1) is 11.8 Å². The van der Waals surface area contributed by atoms with E-state index in [0.717, 1.165) is 4.90 Å². The summed E-state index contributed by atoms with van der Waals surface area (Å²) in [6, 6.07) is -2.61. The molecule has 1 rings (SSSR count). The quantitative estimate of drug-likeness (QED) is 0.864. The largest absolute Gasteiger partial charge is 0.480 e. The minimum absolute atomic E-state index is 0.0941. The Morgan fingerprint density at radius 2 is 2.05 bits per heavy atom. The monoisotopic (exact) mass is 300 g/mol. The van der Waals surface area contributed by atoms with Gasteiger partial charge in [0.15, 0.2) is 0 Å². The topological polar surface area (TPSA) is 60.9 Å². The van der Waals surface area contributed by atoms with Gasteiger partial charge in [0.25, 0.3) is 0 Å². The number of hydrogen-bond donors (Lipinski definition) is 1. The van der Waals surface area contributed by atoms with Crippen LogP contribution in [0.2, 0.25) is 0 Å². The van der Waals surface area contributed by atoms with Gasteiger partial charge >= 0.3 is 18.2 Å². The summed E-state index contributed by atoms with van der Waals surface area (Å²) in [7, 11) is 0. The van der Waals surface area contributed by atoms with Crippen LogP contribution in [0.15, 0.2) is 0 Å². The van der Waals surface area contributed by atoms with Gasteiger partial charge in [0.2, 0.25) is 0 Å². The van der Waals surface area contributed by atoms with Gasteiger partial charge in [0, 0.05) is 11.8 Å². The Balaban J connectivity index is 2.85. The molecule has 2 amide bonds. The van der Waals surface area contributed by atoms with E-state index in [1.807, 2.05) is 0 Å². The highest BCUT2D eigenvalue weighted by Crippen LogP contribution is 2.25. The van der Waals surface area contributed by atoms with E-state index in [1.165, 1.54) is 25.6 Å². The lowest BCUT2D eigenvalue weighted by Gasteiger charge is -2.33. The maximum absolute atomic E-state index is 12.4. The summed E-state index contributed by atoms with van der Waals surface area (Å²) in [5.74, 6) is -0.912. The first kappa shape index (κ1) is 15.9. The minimum atomic E-state index is -4.51. The van der Waals surface area contributed by atoms with E-state index < -0.39 is 36.8 Å². The lowest BCUT2D eigenvalue weighted by atomic mass is 10.3. The molecule has 0 spiro atoms. The average Bonchev–Trinajstić information content (AvgIpc) is 2.72. The Morgan fingerprint density at radius 3 is 2.47 bits per heavy atom. The van der Waals surface area contributed by atoms with Crippen molar-refractivity contribution in [2.24, 2.45) is 0 Å². The van der Waals surface area contributed by atoms with Gasteiger partial charge in [-0.25, -0.2) is 9.59 Å². The minimum Gasteiger partial charge on any atom is -0.480 e. The van der Waals surface area contributed by atoms with Crippen LogP contribution >= 0.6 is 11.8 Å². The molecule has 1 fully saturated rings. The third-order valence-electron chi connectivity index (χ3n) is 2.63. The van der Waals surface area contributed by atoms with E-state index in [9.17, 15) is 22.8 Å². The molecule has 19 heavy (non-hydrogen) atoms. The predicted molar refractivity (Wildman–Crippen MR) is 63.9 cm³/mol. The first-order valence-corrected chi connectivity index (χ1v) is 6.73. The number of carboxylic acids is 1. The van der Waals surface area contributed by atoms with E-state index in [-0.39, 0.29) is 11.6 Å². The molecule has 5 nitrogen and oxygen atoms in total. The molecule has 0 radical (unpaired) electrons. The van der Waals surface area contributed by atoms with Crippen LogP contribution in [0.25, 0.3) is 0 Å². The molecular weight excluding hydrogens is 285 g/mol. The second kappa shape index (κ2) is 5.89. The third-order valence-corrected chi connectivity index (χ3v) is 3.64. The summed E-state index contributed by atoms with van der Waals surface area (Å²) >= 11 is 1.21. The van der Waals surface area contributed by atoms with Crippen molar-refractivity contribution in [2.75, 3.05) is 18.2 Å². The van der Waals surface area contributed by atoms with Crippen molar-refractivity contribution in [1.29, 1.82) is 0 Å². The summed E-state index contributed by atoms with van der Waals surface area (Å²) < 4.78 is 37.3. The summed E-state index contributed by atoms with van der Waals surface area (Å²) in [4.78, 5) is 24.6. The number of carboxylic acid groups (broad SMARTS) is 1. The van der Waals surface area contributed by atoms with Crippen LogP contribution < -0.4 is 0 Å². The molecule has 1 aliphatic heterocycles. The third kappa shape index (κ3) is 4.19. The second-order valence-corrected chi connectivity index (χ2v) is 5.44. The number of hydrogen-bond acceptors (Lipinski definition) is 3. The van der Waals surface area contributed by atoms with Gasteiger partial charge in [0.05, 0.1) is 5.88 Å². The van der Waals surface area contributed by atoms with Crippen molar-refractivity contribution >= 4 is 23.8 Å². The highest BCUT2D eigenvalue weighted by molar-refractivity contribution is 7.99. The second-order valence-electron chi connectivity index (χ2n) is 4.44. The zero-order chi connectivity index (χ0) is 14.8. The summed E-state index contributed by atoms with van der Waals surface area (Å²) in [6.45, 7) is 1.54. The zero-order valence-corrected chi connectivity index (χ0v) is 11.3. The van der Waals surface area contributed by atoms with Crippen molar-refractivity contribution in [3.63, 3.8) is 0 Å². The fourth-order valence-electron chi connectivity index (χ4n) is 1.66. The maximum Gasteiger partial charge on any atom is 0.406 e. The normalized spacial score (nSPS) is 19.9. The number of carbonyl (C=O) groups is 2. The molecule has 110 valence electrons. The molecule has 0 unspecified atom stereocenters. The number of rotatable bonds is 3. The number of thioether (sulfide) groups is 1. The van der Waals surface area contributed by atoms with Gasteiger partial charge in [-0.05, 0) is 13.8 Å². The maximum atomic E-state index is 12.4. The van der Waals surface area contributed by atoms with Crippen LogP contribution in [0, 0.1) is 0 Å². The Labute approximate surface area is 112 Å². The van der Waals surface area contributed by atoms with E-state index in [4.69, 9.17) is 5.11 Å². The molecule has 0 aromatic heterocycles. The van der Waals surface area contributed by atoms with Gasteiger partial charge in [-0.1, -0.05) is 0 Å². The number of urea groups is 1. The fourth-order valence-corrected chi connectivity index (χ4v) is 2.80. The first-order chi connectivity index (χ1) is 8.63. The van der Waals surface area contributed by atoms with Gasteiger partial charge < -0.3 is 14.9 Å². The lowest BCUT2D eigenvalue weighted by Crippen LogP contribution is -2.53. The number of carbonyl (C=O) groups excluding carboxylic acids is 1. The Morgan fingerprint density at radius 1 is 1.47 bits per heavy atom. The molecule has 0 saturated carbocycles. The number of aliphatic carboxylic acids is 1. The van der Waals surface area contributed by atoms with Crippen LogP contribution in [0.3, 0.4) is 0 Å². The molecule has 0 aromatic carbocycles. The number of amides is 2. The number of alkyl halides is 3. The predicted octanol–water partition coefficient (Wildman–Crippen LogP) is 1.84. The van der Waals surface area contributed by atoms with Crippen LogP contribution in [-0.2, 0) is 4.79 Å². The van der Waals surface area contributed by atoms with E-state index in [2.05, 4.69) is 0 Å². The van der Waals surface area contributed by atoms with Gasteiger partial charge in [-0.2, -0.15) is 13.2 Å². The number of halogens is 3.